The number of ether oxygens (including phenoxy) is 1. The molecule has 0 bridgehead atoms. The number of carbonyl (C=O) groups excluding carboxylic acids is 1. The van der Waals surface area contributed by atoms with Gasteiger partial charge < -0.3 is 19.2 Å². The maximum atomic E-state index is 12.4. The summed E-state index contributed by atoms with van der Waals surface area (Å²) in [4.78, 5) is 14.0. The number of benzene rings is 1. The molecule has 2 heterocycles. The minimum Gasteiger partial charge on any atom is -0.444 e. The van der Waals surface area contributed by atoms with Crippen molar-refractivity contribution in [3.63, 3.8) is 0 Å². The summed E-state index contributed by atoms with van der Waals surface area (Å²) in [6.45, 7) is 6.07. The van der Waals surface area contributed by atoms with E-state index >= 15 is 0 Å². The fourth-order valence-electron chi connectivity index (χ4n) is 2.85. The number of carbonyl (C=O) groups is 1. The zero-order chi connectivity index (χ0) is 18.9. The Bertz CT molecular complexity index is 769. The van der Waals surface area contributed by atoms with Crippen molar-refractivity contribution in [2.45, 2.75) is 45.3 Å². The normalized spacial score (nSPS) is 17.4. The molecular formula is C17H22BN3O5. The third-order valence-corrected chi connectivity index (χ3v) is 4.06. The average molecular weight is 359 g/mol. The molecule has 2 aromatic rings. The highest BCUT2D eigenvalue weighted by Crippen LogP contribution is 2.33. The van der Waals surface area contributed by atoms with Gasteiger partial charge in [0.25, 0.3) is 0 Å². The summed E-state index contributed by atoms with van der Waals surface area (Å²) in [5, 5.41) is 26.4. The molecule has 1 aromatic carbocycles. The van der Waals surface area contributed by atoms with Gasteiger partial charge in [-0.1, -0.05) is 12.1 Å². The molecule has 26 heavy (non-hydrogen) atoms. The summed E-state index contributed by atoms with van der Waals surface area (Å²) in [6.07, 6.45) is 1.18. The molecule has 138 valence electrons. The molecule has 1 aliphatic rings. The zero-order valence-corrected chi connectivity index (χ0v) is 15.0. The van der Waals surface area contributed by atoms with Gasteiger partial charge in [0.15, 0.2) is 0 Å². The van der Waals surface area contributed by atoms with E-state index in [0.29, 0.717) is 29.4 Å². The molecule has 2 N–H and O–H groups in total. The fraction of sp³-hybridized carbons (Fsp3) is 0.471. The van der Waals surface area contributed by atoms with E-state index in [1.54, 1.807) is 29.2 Å². The summed E-state index contributed by atoms with van der Waals surface area (Å²) >= 11 is 0. The van der Waals surface area contributed by atoms with E-state index in [1.165, 1.54) is 0 Å². The minimum absolute atomic E-state index is 0.301. The number of rotatable bonds is 3. The van der Waals surface area contributed by atoms with E-state index in [0.717, 1.165) is 12.8 Å². The molecule has 0 unspecified atom stereocenters. The van der Waals surface area contributed by atoms with Crippen LogP contribution in [0.4, 0.5) is 4.79 Å². The molecule has 1 aliphatic heterocycles. The number of amides is 1. The van der Waals surface area contributed by atoms with E-state index in [9.17, 15) is 4.79 Å². The lowest BCUT2D eigenvalue weighted by molar-refractivity contribution is 0.0204. The SMILES string of the molecule is CC(C)(C)OC(=O)N1CCC[C@H]1c1nnc(-c2ccc(B(O)O)cc2)o1. The molecule has 1 aromatic heterocycles. The van der Waals surface area contributed by atoms with Crippen molar-refractivity contribution in [2.75, 3.05) is 6.54 Å². The molecule has 0 aliphatic carbocycles. The monoisotopic (exact) mass is 359 g/mol. The quantitative estimate of drug-likeness (QED) is 0.799. The van der Waals surface area contributed by atoms with Crippen LogP contribution in [-0.2, 0) is 4.74 Å². The van der Waals surface area contributed by atoms with Crippen molar-refractivity contribution < 1.29 is 24.0 Å². The Kier molecular flexibility index (Phi) is 5.02. The van der Waals surface area contributed by atoms with Crippen LogP contribution in [0.25, 0.3) is 11.5 Å². The number of hydrogen-bond donors (Lipinski definition) is 2. The summed E-state index contributed by atoms with van der Waals surface area (Å²) in [5.74, 6) is 0.685. The zero-order valence-electron chi connectivity index (χ0n) is 15.0. The number of aromatic nitrogens is 2. The second-order valence-electron chi connectivity index (χ2n) is 7.27. The maximum absolute atomic E-state index is 12.4. The highest BCUT2D eigenvalue weighted by Gasteiger charge is 2.36. The Balaban J connectivity index is 1.77. The highest BCUT2D eigenvalue weighted by atomic mass is 16.6. The van der Waals surface area contributed by atoms with Crippen LogP contribution in [0.5, 0.6) is 0 Å². The predicted octanol–water partition coefficient (Wildman–Crippen LogP) is 1.49. The largest absolute Gasteiger partial charge is 0.488 e. The first-order valence-electron chi connectivity index (χ1n) is 8.54. The minimum atomic E-state index is -1.52. The van der Waals surface area contributed by atoms with Crippen LogP contribution in [0.1, 0.15) is 45.5 Å². The molecule has 0 radical (unpaired) electrons. The molecule has 1 fully saturated rings. The van der Waals surface area contributed by atoms with Crippen LogP contribution in [0.3, 0.4) is 0 Å². The number of likely N-dealkylation sites (tertiary alicyclic amines) is 1. The third kappa shape index (κ3) is 4.05. The van der Waals surface area contributed by atoms with Gasteiger partial charge in [0.1, 0.15) is 11.6 Å². The van der Waals surface area contributed by atoms with E-state index in [2.05, 4.69) is 10.2 Å². The summed E-state index contributed by atoms with van der Waals surface area (Å²) in [7, 11) is -1.52. The average Bonchev–Trinajstić information content (AvgIpc) is 3.22. The van der Waals surface area contributed by atoms with Gasteiger partial charge in [0.2, 0.25) is 11.8 Å². The Morgan fingerprint density at radius 2 is 1.96 bits per heavy atom. The van der Waals surface area contributed by atoms with E-state index in [-0.39, 0.29) is 12.1 Å². The summed E-state index contributed by atoms with van der Waals surface area (Å²) in [5.41, 5.74) is 0.471. The van der Waals surface area contributed by atoms with Crippen LogP contribution in [0.15, 0.2) is 28.7 Å². The molecule has 3 rings (SSSR count). The predicted molar refractivity (Wildman–Crippen MR) is 94.5 cm³/mol. The second kappa shape index (κ2) is 7.09. The van der Waals surface area contributed by atoms with E-state index in [1.807, 2.05) is 20.8 Å². The maximum Gasteiger partial charge on any atom is 0.488 e. The first kappa shape index (κ1) is 18.4. The van der Waals surface area contributed by atoms with Crippen molar-refractivity contribution in [1.82, 2.24) is 15.1 Å². The Morgan fingerprint density at radius 3 is 2.58 bits per heavy atom. The molecule has 1 amide bonds. The van der Waals surface area contributed by atoms with Crippen LogP contribution >= 0.6 is 0 Å². The highest BCUT2D eigenvalue weighted by molar-refractivity contribution is 6.58. The van der Waals surface area contributed by atoms with Crippen molar-refractivity contribution in [3.8, 4) is 11.5 Å². The van der Waals surface area contributed by atoms with E-state index < -0.39 is 12.7 Å². The molecule has 1 saturated heterocycles. The van der Waals surface area contributed by atoms with Gasteiger partial charge in [-0.25, -0.2) is 4.79 Å². The van der Waals surface area contributed by atoms with Crippen molar-refractivity contribution in [1.29, 1.82) is 0 Å². The fourth-order valence-corrected chi connectivity index (χ4v) is 2.85. The molecule has 9 heteroatoms. The Labute approximate surface area is 151 Å². The molecular weight excluding hydrogens is 337 g/mol. The van der Waals surface area contributed by atoms with Crippen molar-refractivity contribution in [3.05, 3.63) is 30.2 Å². The number of nitrogens with zero attached hydrogens (tertiary/aromatic N) is 3. The van der Waals surface area contributed by atoms with Gasteiger partial charge in [-0.3, -0.25) is 4.90 Å². The number of hydrogen-bond acceptors (Lipinski definition) is 7. The Morgan fingerprint density at radius 1 is 1.27 bits per heavy atom. The Hall–Kier alpha value is -2.39. The lowest BCUT2D eigenvalue weighted by Crippen LogP contribution is -2.36. The van der Waals surface area contributed by atoms with Crippen LogP contribution < -0.4 is 5.46 Å². The van der Waals surface area contributed by atoms with Crippen LogP contribution in [-0.4, -0.2) is 50.5 Å². The van der Waals surface area contributed by atoms with E-state index in [4.69, 9.17) is 19.2 Å². The van der Waals surface area contributed by atoms with Gasteiger partial charge in [-0.15, -0.1) is 10.2 Å². The lowest BCUT2D eigenvalue weighted by Gasteiger charge is -2.27. The van der Waals surface area contributed by atoms with Crippen molar-refractivity contribution >= 4 is 18.7 Å². The second-order valence-corrected chi connectivity index (χ2v) is 7.27. The third-order valence-electron chi connectivity index (χ3n) is 4.06. The molecule has 1 atom stereocenters. The topological polar surface area (TPSA) is 109 Å². The van der Waals surface area contributed by atoms with Gasteiger partial charge in [0, 0.05) is 12.1 Å². The van der Waals surface area contributed by atoms with Gasteiger partial charge in [-0.2, -0.15) is 0 Å². The van der Waals surface area contributed by atoms with Crippen molar-refractivity contribution in [2.24, 2.45) is 0 Å². The molecule has 0 spiro atoms. The van der Waals surface area contributed by atoms with Gasteiger partial charge >= 0.3 is 13.2 Å². The first-order chi connectivity index (χ1) is 12.2. The van der Waals surface area contributed by atoms with Crippen LogP contribution in [0.2, 0.25) is 0 Å². The van der Waals surface area contributed by atoms with Gasteiger partial charge in [-0.05, 0) is 51.2 Å². The van der Waals surface area contributed by atoms with Gasteiger partial charge in [0.05, 0.1) is 0 Å². The molecule has 8 nitrogen and oxygen atoms in total. The summed E-state index contributed by atoms with van der Waals surface area (Å²) < 4.78 is 11.2. The smallest absolute Gasteiger partial charge is 0.444 e. The standard InChI is InChI=1S/C17H22BN3O5/c1-17(2,3)26-16(22)21-10-4-5-13(21)15-20-19-14(25-15)11-6-8-12(9-7-11)18(23)24/h6-9,13,23-24H,4-5,10H2,1-3H3/t13-/m0/s1. The lowest BCUT2D eigenvalue weighted by atomic mass is 9.80. The first-order valence-corrected chi connectivity index (χ1v) is 8.54. The van der Waals surface area contributed by atoms with Crippen LogP contribution in [0, 0.1) is 0 Å². The summed E-state index contributed by atoms with van der Waals surface area (Å²) in [6, 6.07) is 6.20. The molecule has 0 saturated carbocycles.